The van der Waals surface area contributed by atoms with E-state index in [0.29, 0.717) is 12.2 Å². The Balaban J connectivity index is 1.93. The molecule has 1 aliphatic rings. The first kappa shape index (κ1) is 12.7. The highest BCUT2D eigenvalue weighted by Gasteiger charge is 2.31. The molecule has 1 aliphatic heterocycles. The summed E-state index contributed by atoms with van der Waals surface area (Å²) in [5, 5.41) is 5.77. The second-order valence-corrected chi connectivity index (χ2v) is 4.55. The third-order valence-corrected chi connectivity index (χ3v) is 3.18. The van der Waals surface area contributed by atoms with Crippen LogP contribution in [0.3, 0.4) is 0 Å². The topological polar surface area (TPSA) is 15.6 Å². The van der Waals surface area contributed by atoms with Gasteiger partial charge in [-0.25, -0.2) is 0 Å². The zero-order valence-corrected chi connectivity index (χ0v) is 10.4. The molecule has 0 fully saturated rings. The predicted molar refractivity (Wildman–Crippen MR) is 71.7 cm³/mol. The molecule has 2 nitrogen and oxygen atoms in total. The number of nitrogens with zero attached hydrogens (tertiary/aromatic N) is 2. The van der Waals surface area contributed by atoms with Crippen molar-refractivity contribution in [1.29, 1.82) is 0 Å². The minimum atomic E-state index is -4.34. The lowest BCUT2D eigenvalue weighted by Gasteiger charge is -2.24. The summed E-state index contributed by atoms with van der Waals surface area (Å²) in [5.74, 6) is 0. The Bertz CT molecular complexity index is 662. The van der Waals surface area contributed by atoms with Gasteiger partial charge in [-0.05, 0) is 29.3 Å². The number of hydrazone groups is 1. The van der Waals surface area contributed by atoms with Gasteiger partial charge < -0.3 is 0 Å². The van der Waals surface area contributed by atoms with E-state index in [1.165, 1.54) is 6.07 Å². The Morgan fingerprint density at radius 2 is 1.80 bits per heavy atom. The molecule has 0 bridgehead atoms. The molecular weight excluding hydrogens is 265 g/mol. The molecule has 102 valence electrons. The number of halogens is 3. The smallest absolute Gasteiger partial charge is 0.261 e. The third-order valence-electron chi connectivity index (χ3n) is 3.18. The molecule has 0 atom stereocenters. The van der Waals surface area contributed by atoms with Crippen molar-refractivity contribution in [2.24, 2.45) is 5.10 Å². The first-order valence-corrected chi connectivity index (χ1v) is 6.11. The van der Waals surface area contributed by atoms with Crippen LogP contribution in [-0.2, 0) is 12.7 Å². The Kier molecular flexibility index (Phi) is 2.97. The van der Waals surface area contributed by atoms with Crippen molar-refractivity contribution >= 4 is 11.9 Å². The van der Waals surface area contributed by atoms with Gasteiger partial charge in [0.05, 0.1) is 24.0 Å². The molecule has 2 aromatic rings. The van der Waals surface area contributed by atoms with Crippen LogP contribution in [0.25, 0.3) is 0 Å². The highest BCUT2D eigenvalue weighted by atomic mass is 19.4. The Morgan fingerprint density at radius 1 is 1.00 bits per heavy atom. The molecule has 0 aromatic heterocycles. The van der Waals surface area contributed by atoms with Crippen molar-refractivity contribution in [2.45, 2.75) is 12.7 Å². The highest BCUT2D eigenvalue weighted by molar-refractivity contribution is 5.84. The van der Waals surface area contributed by atoms with Gasteiger partial charge in [0.25, 0.3) is 0 Å². The Morgan fingerprint density at radius 3 is 2.60 bits per heavy atom. The largest absolute Gasteiger partial charge is 0.416 e. The highest BCUT2D eigenvalue weighted by Crippen LogP contribution is 2.32. The van der Waals surface area contributed by atoms with Gasteiger partial charge in [-0.15, -0.1) is 0 Å². The molecule has 0 spiro atoms. The molecule has 0 radical (unpaired) electrons. The SMILES string of the molecule is FC(F)(F)c1cccc(N2Cc3ccccc3C=N2)c1. The van der Waals surface area contributed by atoms with Gasteiger partial charge in [-0.2, -0.15) is 18.3 Å². The maximum atomic E-state index is 12.7. The van der Waals surface area contributed by atoms with Crippen molar-refractivity contribution in [3.8, 4) is 0 Å². The fourth-order valence-corrected chi connectivity index (χ4v) is 2.14. The lowest BCUT2D eigenvalue weighted by atomic mass is 10.1. The maximum Gasteiger partial charge on any atom is 0.416 e. The summed E-state index contributed by atoms with van der Waals surface area (Å²) in [5.41, 5.74) is 1.81. The summed E-state index contributed by atoms with van der Waals surface area (Å²) < 4.78 is 38.2. The van der Waals surface area contributed by atoms with Crippen molar-refractivity contribution in [3.05, 3.63) is 65.2 Å². The number of rotatable bonds is 1. The Hall–Kier alpha value is -2.30. The van der Waals surface area contributed by atoms with Crippen LogP contribution >= 0.6 is 0 Å². The first-order chi connectivity index (χ1) is 9.54. The zero-order valence-electron chi connectivity index (χ0n) is 10.4. The van der Waals surface area contributed by atoms with Crippen molar-refractivity contribution in [2.75, 3.05) is 5.01 Å². The molecule has 0 aliphatic carbocycles. The molecule has 3 rings (SSSR count). The molecule has 1 heterocycles. The molecule has 0 saturated carbocycles. The second kappa shape index (κ2) is 4.67. The molecule has 2 aromatic carbocycles. The number of benzene rings is 2. The fraction of sp³-hybridized carbons (Fsp3) is 0.133. The molecule has 5 heteroatoms. The van der Waals surface area contributed by atoms with E-state index in [-0.39, 0.29) is 0 Å². The minimum Gasteiger partial charge on any atom is -0.261 e. The number of hydrogen-bond acceptors (Lipinski definition) is 2. The number of fused-ring (bicyclic) bond motifs is 1. The molecule has 0 unspecified atom stereocenters. The van der Waals surface area contributed by atoms with Crippen LogP contribution in [0, 0.1) is 0 Å². The number of anilines is 1. The monoisotopic (exact) mass is 276 g/mol. The van der Waals surface area contributed by atoms with Gasteiger partial charge in [0, 0.05) is 0 Å². The van der Waals surface area contributed by atoms with Gasteiger partial charge in [-0.3, -0.25) is 5.01 Å². The van der Waals surface area contributed by atoms with Gasteiger partial charge in [0.2, 0.25) is 0 Å². The van der Waals surface area contributed by atoms with Crippen LogP contribution in [0.2, 0.25) is 0 Å². The van der Waals surface area contributed by atoms with Crippen LogP contribution < -0.4 is 5.01 Å². The van der Waals surface area contributed by atoms with Gasteiger partial charge in [-0.1, -0.05) is 30.3 Å². The third kappa shape index (κ3) is 2.39. The van der Waals surface area contributed by atoms with Crippen molar-refractivity contribution in [1.82, 2.24) is 0 Å². The minimum absolute atomic E-state index is 0.436. The van der Waals surface area contributed by atoms with Crippen molar-refractivity contribution < 1.29 is 13.2 Å². The van der Waals surface area contributed by atoms with E-state index < -0.39 is 11.7 Å². The van der Waals surface area contributed by atoms with Crippen LogP contribution in [0.1, 0.15) is 16.7 Å². The quantitative estimate of drug-likeness (QED) is 0.767. The fourth-order valence-electron chi connectivity index (χ4n) is 2.14. The number of alkyl halides is 3. The Labute approximate surface area is 114 Å². The van der Waals surface area contributed by atoms with Crippen molar-refractivity contribution in [3.63, 3.8) is 0 Å². The average Bonchev–Trinajstić information content (AvgIpc) is 2.46. The molecule has 20 heavy (non-hydrogen) atoms. The standard InChI is InChI=1S/C15H11F3N2/c16-15(17,18)13-6-3-7-14(8-13)20-10-12-5-2-1-4-11(12)9-19-20/h1-9H,10H2. The van der Waals surface area contributed by atoms with E-state index in [1.807, 2.05) is 24.3 Å². The van der Waals surface area contributed by atoms with Crippen LogP contribution in [0.5, 0.6) is 0 Å². The van der Waals surface area contributed by atoms with Gasteiger partial charge in [0.1, 0.15) is 0 Å². The summed E-state index contributed by atoms with van der Waals surface area (Å²) in [6.07, 6.45) is -2.67. The van der Waals surface area contributed by atoms with E-state index in [2.05, 4.69) is 5.10 Å². The second-order valence-electron chi connectivity index (χ2n) is 4.55. The van der Waals surface area contributed by atoms with E-state index in [4.69, 9.17) is 0 Å². The van der Waals surface area contributed by atoms with Crippen LogP contribution in [0.15, 0.2) is 53.6 Å². The molecule has 0 saturated heterocycles. The van der Waals surface area contributed by atoms with Crippen LogP contribution in [-0.4, -0.2) is 6.21 Å². The maximum absolute atomic E-state index is 12.7. The summed E-state index contributed by atoms with van der Waals surface area (Å²) in [6.45, 7) is 0.466. The predicted octanol–water partition coefficient (Wildman–Crippen LogP) is 4.06. The molecule has 0 amide bonds. The first-order valence-electron chi connectivity index (χ1n) is 6.11. The summed E-state index contributed by atoms with van der Waals surface area (Å²) >= 11 is 0. The summed E-state index contributed by atoms with van der Waals surface area (Å²) in [7, 11) is 0. The summed E-state index contributed by atoms with van der Waals surface area (Å²) in [6, 6.07) is 12.9. The van der Waals surface area contributed by atoms with Crippen LogP contribution in [0.4, 0.5) is 18.9 Å². The summed E-state index contributed by atoms with van der Waals surface area (Å²) in [4.78, 5) is 0. The number of hydrogen-bond donors (Lipinski definition) is 0. The van der Waals surface area contributed by atoms with Gasteiger partial charge in [0.15, 0.2) is 0 Å². The average molecular weight is 276 g/mol. The van der Waals surface area contributed by atoms with E-state index >= 15 is 0 Å². The van der Waals surface area contributed by atoms with Gasteiger partial charge >= 0.3 is 6.18 Å². The molecule has 0 N–H and O–H groups in total. The van der Waals surface area contributed by atoms with E-state index in [1.54, 1.807) is 17.3 Å². The lowest BCUT2D eigenvalue weighted by Crippen LogP contribution is -2.21. The lowest BCUT2D eigenvalue weighted by molar-refractivity contribution is -0.137. The molecular formula is C15H11F3N2. The van der Waals surface area contributed by atoms with E-state index in [0.717, 1.165) is 23.3 Å². The zero-order chi connectivity index (χ0) is 14.2. The van der Waals surface area contributed by atoms with E-state index in [9.17, 15) is 13.2 Å². The normalized spacial score (nSPS) is 14.2.